The first-order valence-corrected chi connectivity index (χ1v) is 7.17. The van der Waals surface area contributed by atoms with Crippen molar-refractivity contribution < 1.29 is 0 Å². The minimum Gasteiger partial charge on any atom is -0.382 e. The zero-order valence-corrected chi connectivity index (χ0v) is 12.2. The third-order valence-electron chi connectivity index (χ3n) is 3.61. The lowest BCUT2D eigenvalue weighted by Crippen LogP contribution is -1.98. The van der Waals surface area contributed by atoms with Crippen molar-refractivity contribution in [3.05, 3.63) is 59.9 Å². The number of fused-ring (bicyclic) bond motifs is 3. The van der Waals surface area contributed by atoms with Crippen LogP contribution in [-0.4, -0.2) is 15.0 Å². The summed E-state index contributed by atoms with van der Waals surface area (Å²) in [4.78, 5) is 13.1. The summed E-state index contributed by atoms with van der Waals surface area (Å²) in [5.74, 6) is 0.374. The van der Waals surface area contributed by atoms with E-state index in [2.05, 4.69) is 9.97 Å². The second kappa shape index (κ2) is 4.93. The molecule has 4 aromatic rings. The van der Waals surface area contributed by atoms with Crippen molar-refractivity contribution in [3.8, 4) is 11.3 Å². The molecule has 0 aliphatic rings. The molecule has 0 fully saturated rings. The number of nitrogen functional groups attached to an aromatic ring is 1. The number of pyridine rings is 1. The molecule has 4 nitrogen and oxygen atoms in total. The molecule has 2 aromatic heterocycles. The molecule has 0 saturated carbocycles. The summed E-state index contributed by atoms with van der Waals surface area (Å²) in [7, 11) is 0. The second-order valence-electron chi connectivity index (χ2n) is 4.97. The van der Waals surface area contributed by atoms with Gasteiger partial charge >= 0.3 is 0 Å². The average molecular weight is 307 g/mol. The van der Waals surface area contributed by atoms with Crippen LogP contribution in [0, 0.1) is 0 Å². The van der Waals surface area contributed by atoms with Crippen LogP contribution < -0.4 is 5.73 Å². The average Bonchev–Trinajstić information content (AvgIpc) is 2.55. The number of anilines is 1. The molecule has 2 heterocycles. The van der Waals surface area contributed by atoms with Gasteiger partial charge in [0.1, 0.15) is 17.4 Å². The van der Waals surface area contributed by atoms with Crippen molar-refractivity contribution in [1.82, 2.24) is 15.0 Å². The van der Waals surface area contributed by atoms with Gasteiger partial charge in [0.05, 0.1) is 5.69 Å². The third kappa shape index (κ3) is 1.96. The molecule has 4 rings (SSSR count). The van der Waals surface area contributed by atoms with E-state index >= 15 is 0 Å². The number of aromatic nitrogens is 3. The van der Waals surface area contributed by atoms with Crippen LogP contribution in [0.3, 0.4) is 0 Å². The Balaban J connectivity index is 2.22. The van der Waals surface area contributed by atoms with Crippen LogP contribution in [-0.2, 0) is 0 Å². The zero-order valence-electron chi connectivity index (χ0n) is 11.5. The largest absolute Gasteiger partial charge is 0.382 e. The first-order valence-electron chi connectivity index (χ1n) is 6.79. The summed E-state index contributed by atoms with van der Waals surface area (Å²) < 4.78 is 0. The van der Waals surface area contributed by atoms with Gasteiger partial charge in [-0.05, 0) is 12.1 Å². The zero-order chi connectivity index (χ0) is 15.1. The van der Waals surface area contributed by atoms with Gasteiger partial charge in [0.15, 0.2) is 5.82 Å². The maximum absolute atomic E-state index is 6.18. The maximum atomic E-state index is 6.18. The Morgan fingerprint density at radius 2 is 1.68 bits per heavy atom. The number of rotatable bonds is 1. The van der Waals surface area contributed by atoms with E-state index in [4.69, 9.17) is 22.3 Å². The molecule has 106 valence electrons. The lowest BCUT2D eigenvalue weighted by Gasteiger charge is -2.10. The molecule has 0 saturated heterocycles. The van der Waals surface area contributed by atoms with Crippen molar-refractivity contribution >= 4 is 39.2 Å². The number of benzene rings is 2. The Bertz CT molecular complexity index is 999. The van der Waals surface area contributed by atoms with Gasteiger partial charge in [0, 0.05) is 21.4 Å². The molecule has 0 spiro atoms. The maximum Gasteiger partial charge on any atom is 0.153 e. The highest BCUT2D eigenvalue weighted by molar-refractivity contribution is 6.32. The Morgan fingerprint density at radius 1 is 0.864 bits per heavy atom. The Kier molecular flexibility index (Phi) is 2.91. The molecule has 0 atom stereocenters. The topological polar surface area (TPSA) is 64.7 Å². The van der Waals surface area contributed by atoms with E-state index in [0.717, 1.165) is 27.5 Å². The van der Waals surface area contributed by atoms with Crippen LogP contribution in [0.1, 0.15) is 0 Å². The van der Waals surface area contributed by atoms with Crippen LogP contribution in [0.2, 0.25) is 5.02 Å². The smallest absolute Gasteiger partial charge is 0.153 e. The van der Waals surface area contributed by atoms with E-state index in [1.165, 1.54) is 6.33 Å². The highest BCUT2D eigenvalue weighted by Gasteiger charge is 2.13. The van der Waals surface area contributed by atoms with Crippen LogP contribution in [0.15, 0.2) is 54.9 Å². The van der Waals surface area contributed by atoms with Gasteiger partial charge in [-0.3, -0.25) is 0 Å². The summed E-state index contributed by atoms with van der Waals surface area (Å²) in [5, 5.41) is 2.57. The summed E-state index contributed by atoms with van der Waals surface area (Å²) >= 11 is 6.18. The van der Waals surface area contributed by atoms with Crippen molar-refractivity contribution in [1.29, 1.82) is 0 Å². The molecule has 0 aliphatic heterocycles. The van der Waals surface area contributed by atoms with E-state index < -0.39 is 0 Å². The van der Waals surface area contributed by atoms with Crippen LogP contribution in [0.4, 0.5) is 5.82 Å². The number of hydrogen-bond acceptors (Lipinski definition) is 4. The van der Waals surface area contributed by atoms with Crippen molar-refractivity contribution in [2.75, 3.05) is 5.73 Å². The summed E-state index contributed by atoms with van der Waals surface area (Å²) in [6, 6.07) is 15.6. The molecule has 22 heavy (non-hydrogen) atoms. The highest BCUT2D eigenvalue weighted by Crippen LogP contribution is 2.34. The SMILES string of the molecule is Nc1ncnc2c1nc(-c1ccccc1)c1cc(Cl)ccc12. The van der Waals surface area contributed by atoms with Crippen LogP contribution in [0.5, 0.6) is 0 Å². The summed E-state index contributed by atoms with van der Waals surface area (Å²) in [5.41, 5.74) is 9.15. The molecule has 2 N–H and O–H groups in total. The lowest BCUT2D eigenvalue weighted by atomic mass is 10.0. The van der Waals surface area contributed by atoms with Gasteiger partial charge in [0.25, 0.3) is 0 Å². The number of halogens is 1. The highest BCUT2D eigenvalue weighted by atomic mass is 35.5. The fraction of sp³-hybridized carbons (Fsp3) is 0. The molecule has 0 amide bonds. The Hall–Kier alpha value is -2.72. The van der Waals surface area contributed by atoms with E-state index in [1.54, 1.807) is 0 Å². The molecular weight excluding hydrogens is 296 g/mol. The molecule has 5 heteroatoms. The lowest BCUT2D eigenvalue weighted by molar-refractivity contribution is 1.21. The number of nitrogens with zero attached hydrogens (tertiary/aromatic N) is 3. The standard InChI is InChI=1S/C17H11ClN4/c18-11-6-7-12-13(8-11)14(10-4-2-1-3-5-10)22-16-15(12)20-9-21-17(16)19/h1-9H,(H2,19,20,21). The predicted octanol–water partition coefficient (Wildman–Crippen LogP) is 4.08. The van der Waals surface area contributed by atoms with Crippen molar-refractivity contribution in [2.45, 2.75) is 0 Å². The fourth-order valence-corrected chi connectivity index (χ4v) is 2.78. The second-order valence-corrected chi connectivity index (χ2v) is 5.41. The molecule has 0 aliphatic carbocycles. The minimum atomic E-state index is 0.374. The van der Waals surface area contributed by atoms with Gasteiger partial charge in [-0.1, -0.05) is 48.0 Å². The normalized spacial score (nSPS) is 11.1. The fourth-order valence-electron chi connectivity index (χ4n) is 2.61. The van der Waals surface area contributed by atoms with E-state index in [-0.39, 0.29) is 0 Å². The Labute approximate surface area is 131 Å². The van der Waals surface area contributed by atoms with Gasteiger partial charge in [-0.2, -0.15) is 0 Å². The summed E-state index contributed by atoms with van der Waals surface area (Å²) in [6.07, 6.45) is 1.45. The van der Waals surface area contributed by atoms with Gasteiger partial charge in [0.2, 0.25) is 0 Å². The van der Waals surface area contributed by atoms with Crippen molar-refractivity contribution in [3.63, 3.8) is 0 Å². The predicted molar refractivity (Wildman–Crippen MR) is 89.7 cm³/mol. The molecule has 0 unspecified atom stereocenters. The summed E-state index contributed by atoms with van der Waals surface area (Å²) in [6.45, 7) is 0. The van der Waals surface area contributed by atoms with Gasteiger partial charge < -0.3 is 5.73 Å². The van der Waals surface area contributed by atoms with Gasteiger partial charge in [-0.15, -0.1) is 0 Å². The van der Waals surface area contributed by atoms with E-state index in [0.29, 0.717) is 16.4 Å². The van der Waals surface area contributed by atoms with Crippen LogP contribution in [0.25, 0.3) is 33.1 Å². The van der Waals surface area contributed by atoms with Crippen molar-refractivity contribution in [2.24, 2.45) is 0 Å². The third-order valence-corrected chi connectivity index (χ3v) is 3.85. The number of hydrogen-bond donors (Lipinski definition) is 1. The quantitative estimate of drug-likeness (QED) is 0.538. The van der Waals surface area contributed by atoms with E-state index in [9.17, 15) is 0 Å². The Morgan fingerprint density at radius 3 is 2.50 bits per heavy atom. The molecular formula is C17H11ClN4. The molecule has 0 bridgehead atoms. The first kappa shape index (κ1) is 13.0. The first-order chi connectivity index (χ1) is 10.7. The monoisotopic (exact) mass is 306 g/mol. The minimum absolute atomic E-state index is 0.374. The van der Waals surface area contributed by atoms with Gasteiger partial charge in [-0.25, -0.2) is 15.0 Å². The van der Waals surface area contributed by atoms with Crippen LogP contribution >= 0.6 is 11.6 Å². The van der Waals surface area contributed by atoms with E-state index in [1.807, 2.05) is 48.5 Å². The number of nitrogens with two attached hydrogens (primary N) is 1. The molecule has 0 radical (unpaired) electrons. The molecule has 2 aromatic carbocycles.